The van der Waals surface area contributed by atoms with Crippen LogP contribution < -0.4 is 5.32 Å². The zero-order chi connectivity index (χ0) is 15.9. The molecule has 2 N–H and O–H groups in total. The number of rotatable bonds is 4. The molecule has 0 bridgehead atoms. The molecule has 1 aromatic carbocycles. The third kappa shape index (κ3) is 2.53. The molecule has 2 fully saturated rings. The first-order valence-electron chi connectivity index (χ1n) is 8.13. The number of nitrogens with one attached hydrogen (secondary N) is 1. The number of nitrogens with zero attached hydrogens (tertiary/aromatic N) is 1. The Hall–Kier alpha value is -2.20. The summed E-state index contributed by atoms with van der Waals surface area (Å²) in [5, 5.41) is 13.0. The zero-order valence-electron chi connectivity index (χ0n) is 12.9. The predicted molar refractivity (Wildman–Crippen MR) is 86.9 cm³/mol. The average molecular weight is 308 g/mol. The van der Waals surface area contributed by atoms with Crippen LogP contribution in [0.15, 0.2) is 54.9 Å². The van der Waals surface area contributed by atoms with E-state index in [1.807, 2.05) is 30.3 Å². The van der Waals surface area contributed by atoms with Gasteiger partial charge in [-0.05, 0) is 36.5 Å². The molecule has 1 aromatic heterocycles. The second kappa shape index (κ2) is 5.46. The van der Waals surface area contributed by atoms with Crippen LogP contribution in [0.5, 0.6) is 0 Å². The van der Waals surface area contributed by atoms with E-state index in [0.717, 1.165) is 12.0 Å². The van der Waals surface area contributed by atoms with Crippen molar-refractivity contribution in [2.24, 2.45) is 0 Å². The highest BCUT2D eigenvalue weighted by Crippen LogP contribution is 2.46. The van der Waals surface area contributed by atoms with E-state index >= 15 is 0 Å². The van der Waals surface area contributed by atoms with Crippen LogP contribution in [-0.4, -0.2) is 28.1 Å². The van der Waals surface area contributed by atoms with Crippen LogP contribution in [0.2, 0.25) is 0 Å². The molecule has 4 rings (SSSR count). The number of aliphatic hydroxyl groups is 1. The first kappa shape index (κ1) is 14.4. The molecule has 0 aliphatic heterocycles. The van der Waals surface area contributed by atoms with E-state index in [-0.39, 0.29) is 11.9 Å². The summed E-state index contributed by atoms with van der Waals surface area (Å²) >= 11 is 0. The van der Waals surface area contributed by atoms with Crippen molar-refractivity contribution in [2.45, 2.75) is 42.7 Å². The average Bonchev–Trinajstić information content (AvgIpc) is 3.32. The predicted octanol–water partition coefficient (Wildman–Crippen LogP) is 2.15. The molecule has 1 amide bonds. The molecule has 0 spiro atoms. The van der Waals surface area contributed by atoms with Gasteiger partial charge < -0.3 is 10.4 Å². The first-order chi connectivity index (χ1) is 11.2. The lowest BCUT2D eigenvalue weighted by atomic mass is 9.62. The van der Waals surface area contributed by atoms with Crippen LogP contribution >= 0.6 is 0 Å². The first-order valence-corrected chi connectivity index (χ1v) is 8.13. The highest BCUT2D eigenvalue weighted by atomic mass is 16.3. The maximum Gasteiger partial charge on any atom is 0.231 e. The van der Waals surface area contributed by atoms with E-state index < -0.39 is 11.5 Å². The Labute approximate surface area is 135 Å². The number of aliphatic hydroxyl groups excluding tert-OH is 1. The summed E-state index contributed by atoms with van der Waals surface area (Å²) in [4.78, 5) is 17.0. The summed E-state index contributed by atoms with van der Waals surface area (Å²) in [6.07, 6.45) is 5.00. The molecule has 2 aliphatic carbocycles. The number of carbonyl (C=O) groups excluding carboxylic acids is 1. The van der Waals surface area contributed by atoms with Crippen LogP contribution in [0.4, 0.5) is 0 Å². The molecule has 4 heteroatoms. The van der Waals surface area contributed by atoms with Crippen LogP contribution in [0.3, 0.4) is 0 Å². The Bertz CT molecular complexity index is 696. The Kier molecular flexibility index (Phi) is 3.42. The summed E-state index contributed by atoms with van der Waals surface area (Å²) in [5.74, 6) is 0.440. The van der Waals surface area contributed by atoms with Gasteiger partial charge in [0.15, 0.2) is 0 Å². The molecule has 2 atom stereocenters. The minimum atomic E-state index is -0.614. The van der Waals surface area contributed by atoms with Crippen LogP contribution in [0.1, 0.15) is 36.3 Å². The number of hydrogen-bond donors (Lipinski definition) is 2. The second-order valence-corrected chi connectivity index (χ2v) is 6.72. The Morgan fingerprint density at radius 3 is 2.61 bits per heavy atom. The monoisotopic (exact) mass is 308 g/mol. The maximum atomic E-state index is 12.9. The highest BCUT2D eigenvalue weighted by molar-refractivity contribution is 5.90. The highest BCUT2D eigenvalue weighted by Gasteiger charge is 2.53. The van der Waals surface area contributed by atoms with Gasteiger partial charge in [-0.15, -0.1) is 0 Å². The molecule has 0 unspecified atom stereocenters. The molecular weight excluding hydrogens is 288 g/mol. The number of carbonyl (C=O) groups is 1. The van der Waals surface area contributed by atoms with Gasteiger partial charge in [0, 0.05) is 24.4 Å². The van der Waals surface area contributed by atoms with Gasteiger partial charge in [-0.25, -0.2) is 0 Å². The van der Waals surface area contributed by atoms with E-state index in [2.05, 4.69) is 22.4 Å². The van der Waals surface area contributed by atoms with E-state index in [9.17, 15) is 9.90 Å². The summed E-state index contributed by atoms with van der Waals surface area (Å²) < 4.78 is 0. The molecule has 4 nitrogen and oxygen atoms in total. The summed E-state index contributed by atoms with van der Waals surface area (Å²) in [6, 6.07) is 14.3. The van der Waals surface area contributed by atoms with E-state index in [4.69, 9.17) is 0 Å². The van der Waals surface area contributed by atoms with E-state index in [0.29, 0.717) is 18.8 Å². The van der Waals surface area contributed by atoms with Gasteiger partial charge in [0.2, 0.25) is 5.91 Å². The van der Waals surface area contributed by atoms with Gasteiger partial charge in [0.1, 0.15) is 0 Å². The molecule has 1 heterocycles. The lowest BCUT2D eigenvalue weighted by Crippen LogP contribution is -2.55. The molecule has 2 aliphatic rings. The normalized spacial score (nSPS) is 32.0. The van der Waals surface area contributed by atoms with Crippen LogP contribution in [-0.2, 0) is 10.2 Å². The lowest BCUT2D eigenvalue weighted by molar-refractivity contribution is -0.135. The van der Waals surface area contributed by atoms with Crippen LogP contribution in [0.25, 0.3) is 0 Å². The van der Waals surface area contributed by atoms with E-state index in [1.54, 1.807) is 12.4 Å². The number of aromatic nitrogens is 1. The molecular formula is C19H20N2O2. The SMILES string of the molecule is O=C(N[C@H]1C[C@@H]1c1ccccc1)C1(c2cccnc2)CC(O)C1. The lowest BCUT2D eigenvalue weighted by Gasteiger charge is -2.44. The fraction of sp³-hybridized carbons (Fsp3) is 0.368. The summed E-state index contributed by atoms with van der Waals surface area (Å²) in [5.41, 5.74) is 1.57. The van der Waals surface area contributed by atoms with Crippen molar-refractivity contribution in [1.29, 1.82) is 0 Å². The number of benzene rings is 1. The van der Waals surface area contributed by atoms with Crippen LogP contribution in [0, 0.1) is 0 Å². The number of pyridine rings is 1. The summed E-state index contributed by atoms with van der Waals surface area (Å²) in [7, 11) is 0. The van der Waals surface area contributed by atoms with Crippen molar-refractivity contribution >= 4 is 5.91 Å². The minimum Gasteiger partial charge on any atom is -0.393 e. The Balaban J connectivity index is 1.48. The molecule has 2 saturated carbocycles. The molecule has 0 saturated heterocycles. The topological polar surface area (TPSA) is 62.2 Å². The quantitative estimate of drug-likeness (QED) is 0.910. The molecule has 0 radical (unpaired) electrons. The van der Waals surface area contributed by atoms with Crippen molar-refractivity contribution < 1.29 is 9.90 Å². The number of amides is 1. The largest absolute Gasteiger partial charge is 0.393 e. The molecule has 23 heavy (non-hydrogen) atoms. The molecule has 118 valence electrons. The fourth-order valence-corrected chi connectivity index (χ4v) is 3.67. The van der Waals surface area contributed by atoms with Crippen molar-refractivity contribution in [3.8, 4) is 0 Å². The third-order valence-electron chi connectivity index (χ3n) is 5.15. The van der Waals surface area contributed by atoms with Crippen molar-refractivity contribution in [1.82, 2.24) is 10.3 Å². The standard InChI is InChI=1S/C19H20N2O2/c22-15-10-19(11-15,14-7-4-8-20-12-14)18(23)21-17-9-16(17)13-5-2-1-3-6-13/h1-8,12,15-17,22H,9-11H2,(H,21,23)/t15?,16-,17+,19?/m1/s1. The fourth-order valence-electron chi connectivity index (χ4n) is 3.67. The van der Waals surface area contributed by atoms with Gasteiger partial charge in [0.05, 0.1) is 11.5 Å². The van der Waals surface area contributed by atoms with E-state index in [1.165, 1.54) is 5.56 Å². The zero-order valence-corrected chi connectivity index (χ0v) is 12.9. The number of hydrogen-bond acceptors (Lipinski definition) is 3. The Morgan fingerprint density at radius 2 is 1.96 bits per heavy atom. The van der Waals surface area contributed by atoms with Gasteiger partial charge in [-0.1, -0.05) is 36.4 Å². The third-order valence-corrected chi connectivity index (χ3v) is 5.15. The Morgan fingerprint density at radius 1 is 1.17 bits per heavy atom. The van der Waals surface area contributed by atoms with Gasteiger partial charge in [-0.2, -0.15) is 0 Å². The minimum absolute atomic E-state index is 0.0271. The van der Waals surface area contributed by atoms with Crippen molar-refractivity contribution in [3.05, 3.63) is 66.0 Å². The van der Waals surface area contributed by atoms with Crippen molar-refractivity contribution in [3.63, 3.8) is 0 Å². The maximum absolute atomic E-state index is 12.9. The van der Waals surface area contributed by atoms with Crippen molar-refractivity contribution in [2.75, 3.05) is 0 Å². The summed E-state index contributed by atoms with van der Waals surface area (Å²) in [6.45, 7) is 0. The van der Waals surface area contributed by atoms with Gasteiger partial charge in [-0.3, -0.25) is 9.78 Å². The van der Waals surface area contributed by atoms with Gasteiger partial charge >= 0.3 is 0 Å². The smallest absolute Gasteiger partial charge is 0.231 e. The molecule has 2 aromatic rings. The van der Waals surface area contributed by atoms with Gasteiger partial charge in [0.25, 0.3) is 0 Å². The second-order valence-electron chi connectivity index (χ2n) is 6.72.